The van der Waals surface area contributed by atoms with Gasteiger partial charge in [-0.1, -0.05) is 20.8 Å². The topological polar surface area (TPSA) is 49.5 Å². The van der Waals surface area contributed by atoms with Crippen molar-refractivity contribution in [3.05, 3.63) is 0 Å². The molecule has 3 N–H and O–H groups in total. The SMILES string of the molecule is CCN(C(C)C)C(CO)C(N)C(C)C. The van der Waals surface area contributed by atoms with Gasteiger partial charge >= 0.3 is 0 Å². The van der Waals surface area contributed by atoms with E-state index >= 15 is 0 Å². The molecule has 0 aromatic rings. The van der Waals surface area contributed by atoms with E-state index in [1.807, 2.05) is 0 Å². The molecule has 0 saturated carbocycles. The molecule has 0 radical (unpaired) electrons. The molecule has 86 valence electrons. The van der Waals surface area contributed by atoms with Gasteiger partial charge < -0.3 is 10.8 Å². The number of likely N-dealkylation sites (N-methyl/N-ethyl adjacent to an activating group) is 1. The fraction of sp³-hybridized carbons (Fsp3) is 1.00. The van der Waals surface area contributed by atoms with Gasteiger partial charge in [-0.3, -0.25) is 4.90 Å². The van der Waals surface area contributed by atoms with Crippen LogP contribution in [0, 0.1) is 5.92 Å². The maximum Gasteiger partial charge on any atom is 0.0602 e. The summed E-state index contributed by atoms with van der Waals surface area (Å²) in [6.07, 6.45) is 0. The van der Waals surface area contributed by atoms with Crippen LogP contribution >= 0.6 is 0 Å². The smallest absolute Gasteiger partial charge is 0.0602 e. The van der Waals surface area contributed by atoms with Gasteiger partial charge in [0.1, 0.15) is 0 Å². The van der Waals surface area contributed by atoms with Gasteiger partial charge in [-0.2, -0.15) is 0 Å². The van der Waals surface area contributed by atoms with Crippen LogP contribution in [0.25, 0.3) is 0 Å². The largest absolute Gasteiger partial charge is 0.395 e. The Morgan fingerprint density at radius 1 is 1.21 bits per heavy atom. The molecule has 3 heteroatoms. The van der Waals surface area contributed by atoms with Crippen LogP contribution < -0.4 is 5.73 Å². The molecular formula is C11H26N2O. The number of nitrogens with two attached hydrogens (primary N) is 1. The minimum absolute atomic E-state index is 0.0438. The van der Waals surface area contributed by atoms with Crippen LogP contribution in [-0.2, 0) is 0 Å². The van der Waals surface area contributed by atoms with Crippen molar-refractivity contribution in [1.29, 1.82) is 0 Å². The molecule has 0 bridgehead atoms. The predicted molar refractivity (Wildman–Crippen MR) is 61.2 cm³/mol. The van der Waals surface area contributed by atoms with Gasteiger partial charge in [0.05, 0.1) is 6.61 Å². The highest BCUT2D eigenvalue weighted by atomic mass is 16.3. The first-order valence-corrected chi connectivity index (χ1v) is 5.57. The second-order valence-corrected chi connectivity index (χ2v) is 4.50. The second-order valence-electron chi connectivity index (χ2n) is 4.50. The highest BCUT2D eigenvalue weighted by Gasteiger charge is 2.26. The number of aliphatic hydroxyl groups is 1. The Labute approximate surface area is 88.3 Å². The molecule has 0 fully saturated rings. The Bertz CT molecular complexity index is 148. The summed E-state index contributed by atoms with van der Waals surface area (Å²) in [5.74, 6) is 0.403. The molecule has 3 nitrogen and oxygen atoms in total. The first-order chi connectivity index (χ1) is 6.45. The summed E-state index contributed by atoms with van der Waals surface area (Å²) in [5, 5.41) is 9.37. The molecular weight excluding hydrogens is 176 g/mol. The van der Waals surface area contributed by atoms with Gasteiger partial charge in [0, 0.05) is 18.1 Å². The van der Waals surface area contributed by atoms with E-state index in [-0.39, 0.29) is 18.7 Å². The van der Waals surface area contributed by atoms with Crippen molar-refractivity contribution in [2.24, 2.45) is 11.7 Å². The number of hydrogen-bond donors (Lipinski definition) is 2. The summed E-state index contributed by atoms with van der Waals surface area (Å²) in [6.45, 7) is 11.7. The number of nitrogens with zero attached hydrogens (tertiary/aromatic N) is 1. The van der Waals surface area contributed by atoms with E-state index in [0.717, 1.165) is 6.54 Å². The van der Waals surface area contributed by atoms with Gasteiger partial charge in [-0.15, -0.1) is 0 Å². The van der Waals surface area contributed by atoms with Crippen molar-refractivity contribution in [3.8, 4) is 0 Å². The summed E-state index contributed by atoms with van der Waals surface area (Å²) in [7, 11) is 0. The zero-order chi connectivity index (χ0) is 11.3. The zero-order valence-electron chi connectivity index (χ0n) is 10.2. The van der Waals surface area contributed by atoms with E-state index in [1.165, 1.54) is 0 Å². The summed E-state index contributed by atoms with van der Waals surface area (Å²) in [5.41, 5.74) is 6.08. The molecule has 0 rings (SSSR count). The maximum atomic E-state index is 9.37. The monoisotopic (exact) mass is 202 g/mol. The quantitative estimate of drug-likeness (QED) is 0.677. The first kappa shape index (κ1) is 13.9. The Hall–Kier alpha value is -0.120. The van der Waals surface area contributed by atoms with Crippen LogP contribution in [0.3, 0.4) is 0 Å². The highest BCUT2D eigenvalue weighted by molar-refractivity contribution is 4.84. The lowest BCUT2D eigenvalue weighted by atomic mass is 9.96. The zero-order valence-corrected chi connectivity index (χ0v) is 10.2. The average Bonchev–Trinajstić information content (AvgIpc) is 2.11. The molecule has 0 aliphatic carbocycles. The first-order valence-electron chi connectivity index (χ1n) is 5.57. The minimum Gasteiger partial charge on any atom is -0.395 e. The molecule has 0 aromatic carbocycles. The van der Waals surface area contributed by atoms with Crippen LogP contribution in [-0.4, -0.2) is 41.3 Å². The summed E-state index contributed by atoms with van der Waals surface area (Å²) in [6, 6.07) is 0.560. The molecule has 0 heterocycles. The van der Waals surface area contributed by atoms with E-state index in [4.69, 9.17) is 5.73 Å². The van der Waals surface area contributed by atoms with Gasteiger partial charge in [-0.25, -0.2) is 0 Å². The van der Waals surface area contributed by atoms with Crippen molar-refractivity contribution >= 4 is 0 Å². The van der Waals surface area contributed by atoms with Crippen LogP contribution in [0.5, 0.6) is 0 Å². The second kappa shape index (κ2) is 6.38. The average molecular weight is 202 g/mol. The summed E-state index contributed by atoms with van der Waals surface area (Å²) >= 11 is 0. The Morgan fingerprint density at radius 2 is 1.71 bits per heavy atom. The molecule has 14 heavy (non-hydrogen) atoms. The lowest BCUT2D eigenvalue weighted by Gasteiger charge is -2.38. The van der Waals surface area contributed by atoms with Crippen LogP contribution in [0.2, 0.25) is 0 Å². The molecule has 0 spiro atoms. The number of rotatable bonds is 6. The normalized spacial score (nSPS) is 16.7. The van der Waals surface area contributed by atoms with Crippen molar-refractivity contribution in [1.82, 2.24) is 4.90 Å². The van der Waals surface area contributed by atoms with Gasteiger partial charge in [0.2, 0.25) is 0 Å². The van der Waals surface area contributed by atoms with Crippen LogP contribution in [0.4, 0.5) is 0 Å². The van der Waals surface area contributed by atoms with Crippen molar-refractivity contribution in [3.63, 3.8) is 0 Å². The third kappa shape index (κ3) is 3.56. The lowest BCUT2D eigenvalue weighted by Crippen LogP contribution is -2.54. The van der Waals surface area contributed by atoms with Crippen LogP contribution in [0.1, 0.15) is 34.6 Å². The molecule has 2 unspecified atom stereocenters. The molecule has 0 aliphatic rings. The van der Waals surface area contributed by atoms with Gasteiger partial charge in [0.25, 0.3) is 0 Å². The highest BCUT2D eigenvalue weighted by Crippen LogP contribution is 2.13. The third-order valence-electron chi connectivity index (χ3n) is 2.86. The lowest BCUT2D eigenvalue weighted by molar-refractivity contribution is 0.0723. The van der Waals surface area contributed by atoms with Crippen molar-refractivity contribution in [2.75, 3.05) is 13.2 Å². The molecule has 0 saturated heterocycles. The maximum absolute atomic E-state index is 9.37. The molecule has 0 amide bonds. The molecule has 2 atom stereocenters. The predicted octanol–water partition coefficient (Wildman–Crippen LogP) is 1.06. The summed E-state index contributed by atoms with van der Waals surface area (Å²) in [4.78, 5) is 2.25. The Morgan fingerprint density at radius 3 is 1.93 bits per heavy atom. The fourth-order valence-electron chi connectivity index (χ4n) is 1.87. The van der Waals surface area contributed by atoms with E-state index in [2.05, 4.69) is 39.5 Å². The van der Waals surface area contributed by atoms with E-state index in [9.17, 15) is 5.11 Å². The third-order valence-corrected chi connectivity index (χ3v) is 2.86. The van der Waals surface area contributed by atoms with Crippen molar-refractivity contribution < 1.29 is 5.11 Å². The van der Waals surface area contributed by atoms with Gasteiger partial charge in [0.15, 0.2) is 0 Å². The molecule has 0 aliphatic heterocycles. The Balaban J connectivity index is 4.50. The number of hydrogen-bond acceptors (Lipinski definition) is 3. The Kier molecular flexibility index (Phi) is 6.33. The minimum atomic E-state index is 0.0438. The van der Waals surface area contributed by atoms with E-state index < -0.39 is 0 Å². The van der Waals surface area contributed by atoms with Crippen molar-refractivity contribution in [2.45, 2.75) is 52.7 Å². The van der Waals surface area contributed by atoms with E-state index in [1.54, 1.807) is 0 Å². The fourth-order valence-corrected chi connectivity index (χ4v) is 1.87. The van der Waals surface area contributed by atoms with Gasteiger partial charge in [-0.05, 0) is 26.3 Å². The summed E-state index contributed by atoms with van der Waals surface area (Å²) < 4.78 is 0. The van der Waals surface area contributed by atoms with Crippen LogP contribution in [0.15, 0.2) is 0 Å². The standard InChI is InChI=1S/C11H26N2O/c1-6-13(9(4)5)10(7-14)11(12)8(2)3/h8-11,14H,6-7,12H2,1-5H3. The van der Waals surface area contributed by atoms with E-state index in [0.29, 0.717) is 12.0 Å². The molecule has 0 aromatic heterocycles. The number of aliphatic hydroxyl groups excluding tert-OH is 1.